The van der Waals surface area contributed by atoms with Gasteiger partial charge in [0.1, 0.15) is 6.29 Å². The number of unbranched alkanes of at least 4 members (excludes halogenated alkanes) is 1. The summed E-state index contributed by atoms with van der Waals surface area (Å²) < 4.78 is -1.72. The van der Waals surface area contributed by atoms with Crippen molar-refractivity contribution in [2.75, 3.05) is 0 Å². The molecule has 0 aliphatic heterocycles. The van der Waals surface area contributed by atoms with E-state index in [4.69, 9.17) is 34.8 Å². The summed E-state index contributed by atoms with van der Waals surface area (Å²) in [5.74, 6) is 0. The van der Waals surface area contributed by atoms with Crippen molar-refractivity contribution in [2.24, 2.45) is 0 Å². The monoisotopic (exact) mass is 218 g/mol. The van der Waals surface area contributed by atoms with Crippen LogP contribution in [0.25, 0.3) is 0 Å². The molecule has 0 amide bonds. The molecule has 11 heavy (non-hydrogen) atoms. The lowest BCUT2D eigenvalue weighted by atomic mass is 10.4. The van der Waals surface area contributed by atoms with Gasteiger partial charge in [0.15, 0.2) is 6.29 Å². The molecule has 0 saturated carbocycles. The smallest absolute Gasteiger partial charge is 0.245 e. The molecule has 0 aromatic rings. The van der Waals surface area contributed by atoms with E-state index in [0.717, 1.165) is 12.7 Å². The highest BCUT2D eigenvalue weighted by molar-refractivity contribution is 6.74. The Labute approximate surface area is 80.8 Å². The first-order valence-corrected chi connectivity index (χ1v) is 4.08. The number of alkyl halides is 3. The second kappa shape index (κ2) is 8.31. The molecule has 0 rings (SSSR count). The van der Waals surface area contributed by atoms with E-state index in [-0.39, 0.29) is 6.29 Å². The molecule has 0 spiro atoms. The average molecular weight is 219 g/mol. The summed E-state index contributed by atoms with van der Waals surface area (Å²) in [6, 6.07) is 0. The van der Waals surface area contributed by atoms with Crippen molar-refractivity contribution in [1.82, 2.24) is 0 Å². The summed E-state index contributed by atoms with van der Waals surface area (Å²) in [5.41, 5.74) is 0. The van der Waals surface area contributed by atoms with E-state index >= 15 is 0 Å². The van der Waals surface area contributed by atoms with Crippen molar-refractivity contribution in [3.8, 4) is 0 Å². The molecule has 0 bridgehead atoms. The van der Waals surface area contributed by atoms with E-state index < -0.39 is 3.79 Å². The lowest BCUT2D eigenvalue weighted by Crippen LogP contribution is -2.00. The van der Waals surface area contributed by atoms with Gasteiger partial charge in [0.05, 0.1) is 0 Å². The zero-order valence-electron chi connectivity index (χ0n) is 6.02. The second-order valence-electron chi connectivity index (χ2n) is 1.61. The van der Waals surface area contributed by atoms with Crippen LogP contribution in [0.15, 0.2) is 0 Å². The molecule has 0 heterocycles. The normalized spacial score (nSPS) is 9.45. The summed E-state index contributed by atoms with van der Waals surface area (Å²) >= 11 is 14.6. The van der Waals surface area contributed by atoms with Crippen LogP contribution >= 0.6 is 34.8 Å². The van der Waals surface area contributed by atoms with Crippen LogP contribution in [0.2, 0.25) is 0 Å². The predicted molar refractivity (Wildman–Crippen MR) is 47.3 cm³/mol. The van der Waals surface area contributed by atoms with E-state index in [9.17, 15) is 9.59 Å². The Bertz CT molecular complexity index is 109. The third-order valence-electron chi connectivity index (χ3n) is 0.540. The minimum Gasteiger partial charge on any atom is -0.303 e. The highest BCUT2D eigenvalue weighted by atomic mass is 35.6. The lowest BCUT2D eigenvalue weighted by molar-refractivity contribution is -0.108. The molecule has 2 nitrogen and oxygen atoms in total. The molecule has 66 valence electrons. The molecule has 0 aliphatic carbocycles. The van der Waals surface area contributed by atoms with Gasteiger partial charge in [0, 0.05) is 6.42 Å². The fourth-order valence-electron chi connectivity index (χ4n) is 0.118. The Kier molecular flexibility index (Phi) is 10.4. The first-order valence-electron chi connectivity index (χ1n) is 2.94. The van der Waals surface area contributed by atoms with Crippen molar-refractivity contribution in [3.05, 3.63) is 0 Å². The summed E-state index contributed by atoms with van der Waals surface area (Å²) in [5, 5.41) is 0. The molecule has 0 aliphatic rings. The van der Waals surface area contributed by atoms with Crippen LogP contribution in [-0.2, 0) is 9.59 Å². The zero-order chi connectivity index (χ0) is 9.33. The van der Waals surface area contributed by atoms with Gasteiger partial charge in [-0.25, -0.2) is 0 Å². The van der Waals surface area contributed by atoms with Crippen LogP contribution in [0.1, 0.15) is 19.8 Å². The third kappa shape index (κ3) is 25.4. The number of hydrogen-bond donors (Lipinski definition) is 0. The molecule has 0 fully saturated rings. The Morgan fingerprint density at radius 1 is 1.27 bits per heavy atom. The van der Waals surface area contributed by atoms with Crippen LogP contribution in [0.3, 0.4) is 0 Å². The Morgan fingerprint density at radius 3 is 1.64 bits per heavy atom. The quantitative estimate of drug-likeness (QED) is 0.528. The highest BCUT2D eigenvalue weighted by Crippen LogP contribution is 2.21. The first kappa shape index (κ1) is 13.8. The summed E-state index contributed by atoms with van der Waals surface area (Å²) in [4.78, 5) is 18.8. The van der Waals surface area contributed by atoms with Crippen molar-refractivity contribution in [1.29, 1.82) is 0 Å². The summed E-state index contributed by atoms with van der Waals surface area (Å²) in [7, 11) is 0. The molecule has 0 aromatic heterocycles. The van der Waals surface area contributed by atoms with Crippen LogP contribution in [0, 0.1) is 0 Å². The maximum atomic E-state index is 9.43. The van der Waals surface area contributed by atoms with E-state index in [1.165, 1.54) is 0 Å². The molecular formula is C6H9Cl3O2. The molecule has 0 saturated heterocycles. The Morgan fingerprint density at radius 2 is 1.64 bits per heavy atom. The summed E-state index contributed by atoms with van der Waals surface area (Å²) in [6.45, 7) is 1.98. The summed E-state index contributed by atoms with van der Waals surface area (Å²) in [6.07, 6.45) is 2.85. The SMILES string of the molecule is CCCC=O.O=CC(Cl)(Cl)Cl. The number of carbonyl (C=O) groups is 2. The van der Waals surface area contributed by atoms with Gasteiger partial charge in [0.25, 0.3) is 0 Å². The molecule has 0 N–H and O–H groups in total. The van der Waals surface area contributed by atoms with Gasteiger partial charge in [0.2, 0.25) is 3.79 Å². The van der Waals surface area contributed by atoms with Crippen molar-refractivity contribution in [2.45, 2.75) is 23.6 Å². The largest absolute Gasteiger partial charge is 0.303 e. The van der Waals surface area contributed by atoms with Gasteiger partial charge in [-0.05, 0) is 6.42 Å². The van der Waals surface area contributed by atoms with Gasteiger partial charge in [-0.1, -0.05) is 41.7 Å². The fraction of sp³-hybridized carbons (Fsp3) is 0.667. The maximum absolute atomic E-state index is 9.43. The van der Waals surface area contributed by atoms with Gasteiger partial charge in [-0.2, -0.15) is 0 Å². The zero-order valence-corrected chi connectivity index (χ0v) is 8.29. The third-order valence-corrected chi connectivity index (χ3v) is 0.807. The lowest BCUT2D eigenvalue weighted by Gasteiger charge is -1.93. The maximum Gasteiger partial charge on any atom is 0.245 e. The topological polar surface area (TPSA) is 34.1 Å². The molecule has 5 heteroatoms. The average Bonchev–Trinajstić information content (AvgIpc) is 1.90. The van der Waals surface area contributed by atoms with Crippen molar-refractivity contribution in [3.63, 3.8) is 0 Å². The molecule has 0 atom stereocenters. The fourth-order valence-corrected chi connectivity index (χ4v) is 0.118. The van der Waals surface area contributed by atoms with Gasteiger partial charge in [-0.15, -0.1) is 0 Å². The number of aldehydes is 2. The van der Waals surface area contributed by atoms with E-state index in [2.05, 4.69) is 0 Å². The number of rotatable bonds is 2. The van der Waals surface area contributed by atoms with Gasteiger partial charge in [-0.3, -0.25) is 4.79 Å². The van der Waals surface area contributed by atoms with Gasteiger partial charge < -0.3 is 4.79 Å². The molecule has 0 unspecified atom stereocenters. The predicted octanol–water partition coefficient (Wildman–Crippen LogP) is 2.54. The van der Waals surface area contributed by atoms with Crippen LogP contribution in [0.4, 0.5) is 0 Å². The van der Waals surface area contributed by atoms with Gasteiger partial charge >= 0.3 is 0 Å². The number of hydrogen-bond acceptors (Lipinski definition) is 2. The van der Waals surface area contributed by atoms with E-state index in [1.807, 2.05) is 6.92 Å². The minimum absolute atomic E-state index is 0.234. The first-order chi connectivity index (χ1) is 4.97. The highest BCUT2D eigenvalue weighted by Gasteiger charge is 2.16. The number of carbonyl (C=O) groups excluding carboxylic acids is 2. The van der Waals surface area contributed by atoms with E-state index in [1.54, 1.807) is 0 Å². The Balaban J connectivity index is 0. The van der Waals surface area contributed by atoms with E-state index in [0.29, 0.717) is 6.42 Å². The second-order valence-corrected chi connectivity index (χ2v) is 3.98. The molecule has 0 radical (unpaired) electrons. The molecular weight excluding hydrogens is 210 g/mol. The van der Waals surface area contributed by atoms with Crippen molar-refractivity contribution >= 4 is 47.4 Å². The Hall–Kier alpha value is 0.210. The van der Waals surface area contributed by atoms with Crippen molar-refractivity contribution < 1.29 is 9.59 Å². The number of halogens is 3. The van der Waals surface area contributed by atoms with Crippen LogP contribution in [-0.4, -0.2) is 16.4 Å². The standard InChI is InChI=1S/C4H8O.C2HCl3O/c1-2-3-4-5;3-2(4,5)1-6/h4H,2-3H2,1H3;1H. The molecule has 0 aromatic carbocycles. The minimum atomic E-state index is -1.72. The van der Waals surface area contributed by atoms with Crippen LogP contribution < -0.4 is 0 Å². The van der Waals surface area contributed by atoms with Crippen LogP contribution in [0.5, 0.6) is 0 Å².